The molecule has 1 nitrogen and oxygen atoms in total. The van der Waals surface area contributed by atoms with Gasteiger partial charge in [0.1, 0.15) is 0 Å². The number of rotatable bonds is 4. The summed E-state index contributed by atoms with van der Waals surface area (Å²) >= 11 is 0. The molecule has 0 bridgehead atoms. The van der Waals surface area contributed by atoms with Crippen LogP contribution in [0.25, 0.3) is 0 Å². The van der Waals surface area contributed by atoms with Crippen LogP contribution in [0.5, 0.6) is 5.75 Å². The van der Waals surface area contributed by atoms with Crippen molar-refractivity contribution in [1.82, 2.24) is 0 Å². The monoisotopic (exact) mass is 284 g/mol. The predicted molar refractivity (Wildman–Crippen MR) is 64.7 cm³/mol. The molecule has 0 aliphatic rings. The van der Waals surface area contributed by atoms with Crippen LogP contribution in [0.2, 0.25) is 0 Å². The minimum Gasteiger partial charge on any atom is -0.497 e. The van der Waals surface area contributed by atoms with Crippen molar-refractivity contribution < 1.29 is 69.1 Å². The van der Waals surface area contributed by atoms with Crippen molar-refractivity contribution in [3.05, 3.63) is 24.3 Å². The molecule has 0 unspecified atom stereocenters. The van der Waals surface area contributed by atoms with Crippen LogP contribution in [-0.4, -0.2) is 13.6 Å². The van der Waals surface area contributed by atoms with E-state index >= 15 is 0 Å². The van der Waals surface area contributed by atoms with Crippen LogP contribution in [-0.2, 0) is 0 Å². The maximum atomic E-state index is 12.7. The van der Waals surface area contributed by atoms with Crippen LogP contribution in [0.3, 0.4) is 0 Å². The van der Waals surface area contributed by atoms with Gasteiger partial charge in [-0.15, -0.1) is 0 Å². The average Bonchev–Trinajstić information content (AvgIpc) is 2.15. The van der Waals surface area contributed by atoms with Gasteiger partial charge in [0.2, 0.25) is 0 Å². The third-order valence-corrected chi connectivity index (χ3v) is 2.38. The largest absolute Gasteiger partial charge is 1.00 e. The molecule has 0 aliphatic heterocycles. The Labute approximate surface area is 149 Å². The normalized spacial score (nSPS) is 11.9. The SMILES string of the molecule is CC(C)(C)CCOc1ccccc1[B-](F)(F)F.[K+]. The molecule has 0 radical (unpaired) electrons. The molecule has 18 heavy (non-hydrogen) atoms. The first-order valence-corrected chi connectivity index (χ1v) is 5.62. The van der Waals surface area contributed by atoms with E-state index in [1.54, 1.807) is 6.07 Å². The van der Waals surface area contributed by atoms with Crippen molar-refractivity contribution in [2.24, 2.45) is 5.41 Å². The number of halogens is 3. The van der Waals surface area contributed by atoms with Crippen LogP contribution in [0.4, 0.5) is 12.9 Å². The summed E-state index contributed by atoms with van der Waals surface area (Å²) in [5.74, 6) is -0.0655. The zero-order valence-corrected chi connectivity index (χ0v) is 14.5. The Bertz CT molecular complexity index is 374. The Hall–Kier alpha value is 0.511. The maximum absolute atomic E-state index is 12.7. The standard InChI is InChI=1S/C12H17BF3O.K/c1-12(2,3)8-9-17-11-7-5-4-6-10(11)13(14,15)16;/h4-7H,8-9H2,1-3H3;/q-1;+1. The van der Waals surface area contributed by atoms with Crippen molar-refractivity contribution in [2.45, 2.75) is 27.2 Å². The summed E-state index contributed by atoms with van der Waals surface area (Å²) < 4.78 is 43.3. The first-order valence-electron chi connectivity index (χ1n) is 5.62. The predicted octanol–water partition coefficient (Wildman–Crippen LogP) is 0.560. The minimum absolute atomic E-state index is 0. The summed E-state index contributed by atoms with van der Waals surface area (Å²) in [6.07, 6.45) is 0.714. The fourth-order valence-electron chi connectivity index (χ4n) is 1.35. The molecule has 0 aromatic heterocycles. The van der Waals surface area contributed by atoms with Crippen molar-refractivity contribution in [3.8, 4) is 5.75 Å². The summed E-state index contributed by atoms with van der Waals surface area (Å²) in [5.41, 5.74) is -0.598. The molecule has 0 aliphatic carbocycles. The van der Waals surface area contributed by atoms with Crippen LogP contribution in [0, 0.1) is 5.41 Å². The van der Waals surface area contributed by atoms with E-state index in [1.807, 2.05) is 20.8 Å². The Morgan fingerprint density at radius 2 is 1.67 bits per heavy atom. The van der Waals surface area contributed by atoms with Gasteiger partial charge in [-0.1, -0.05) is 44.4 Å². The van der Waals surface area contributed by atoms with Gasteiger partial charge < -0.3 is 17.7 Å². The molecule has 0 atom stereocenters. The third-order valence-electron chi connectivity index (χ3n) is 2.38. The van der Waals surface area contributed by atoms with Crippen LogP contribution >= 0.6 is 0 Å². The van der Waals surface area contributed by atoms with Gasteiger partial charge in [0, 0.05) is 0 Å². The van der Waals surface area contributed by atoms with Gasteiger partial charge >= 0.3 is 58.4 Å². The molecule has 0 fully saturated rings. The minimum atomic E-state index is -5.01. The molecule has 1 rings (SSSR count). The van der Waals surface area contributed by atoms with Gasteiger partial charge in [0.05, 0.1) is 12.4 Å². The zero-order chi connectivity index (χ0) is 13.1. The van der Waals surface area contributed by atoms with Gasteiger partial charge in [-0.3, -0.25) is 0 Å². The van der Waals surface area contributed by atoms with Crippen molar-refractivity contribution in [2.75, 3.05) is 6.61 Å². The first-order chi connectivity index (χ1) is 7.70. The van der Waals surface area contributed by atoms with Gasteiger partial charge in [0.25, 0.3) is 0 Å². The molecule has 0 heterocycles. The number of hydrogen-bond donors (Lipinski definition) is 0. The van der Waals surface area contributed by atoms with E-state index in [1.165, 1.54) is 12.1 Å². The van der Waals surface area contributed by atoms with E-state index < -0.39 is 12.4 Å². The summed E-state index contributed by atoms with van der Waals surface area (Å²) in [7, 11) is 0. The quantitative estimate of drug-likeness (QED) is 0.734. The van der Waals surface area contributed by atoms with Crippen molar-refractivity contribution >= 4 is 12.4 Å². The number of para-hydroxylation sites is 1. The molecule has 0 saturated carbocycles. The molecular formula is C12H17BF3KO. The zero-order valence-electron chi connectivity index (χ0n) is 11.3. The van der Waals surface area contributed by atoms with Gasteiger partial charge in [0.15, 0.2) is 0 Å². The van der Waals surface area contributed by atoms with Crippen LogP contribution in [0.15, 0.2) is 24.3 Å². The summed E-state index contributed by atoms with van der Waals surface area (Å²) in [5, 5.41) is 0. The fraction of sp³-hybridized carbons (Fsp3) is 0.500. The average molecular weight is 284 g/mol. The van der Waals surface area contributed by atoms with E-state index in [-0.39, 0.29) is 62.5 Å². The maximum Gasteiger partial charge on any atom is 1.00 e. The molecule has 0 N–H and O–H groups in total. The van der Waals surface area contributed by atoms with Gasteiger partial charge in [-0.25, -0.2) is 0 Å². The summed E-state index contributed by atoms with van der Waals surface area (Å²) in [6, 6.07) is 5.36. The van der Waals surface area contributed by atoms with E-state index in [2.05, 4.69) is 0 Å². The molecule has 1 aromatic carbocycles. The van der Waals surface area contributed by atoms with E-state index in [0.29, 0.717) is 13.0 Å². The van der Waals surface area contributed by atoms with E-state index in [4.69, 9.17) is 4.74 Å². The van der Waals surface area contributed by atoms with Crippen molar-refractivity contribution in [3.63, 3.8) is 0 Å². The van der Waals surface area contributed by atoms with Crippen LogP contribution < -0.4 is 61.6 Å². The second kappa shape index (κ2) is 7.34. The second-order valence-electron chi connectivity index (χ2n) is 5.27. The van der Waals surface area contributed by atoms with E-state index in [9.17, 15) is 12.9 Å². The Kier molecular flexibility index (Phi) is 7.54. The van der Waals surface area contributed by atoms with E-state index in [0.717, 1.165) is 6.07 Å². The number of hydrogen-bond acceptors (Lipinski definition) is 1. The van der Waals surface area contributed by atoms with Crippen LogP contribution in [0.1, 0.15) is 27.2 Å². The fourth-order valence-corrected chi connectivity index (χ4v) is 1.35. The number of ether oxygens (including phenoxy) is 1. The topological polar surface area (TPSA) is 9.23 Å². The molecule has 0 spiro atoms. The van der Waals surface area contributed by atoms with Crippen molar-refractivity contribution in [1.29, 1.82) is 0 Å². The Morgan fingerprint density at radius 1 is 1.11 bits per heavy atom. The van der Waals surface area contributed by atoms with Gasteiger partial charge in [-0.2, -0.15) is 0 Å². The smallest absolute Gasteiger partial charge is 0.497 e. The summed E-state index contributed by atoms with van der Waals surface area (Å²) in [4.78, 5) is 0. The first kappa shape index (κ1) is 18.5. The third kappa shape index (κ3) is 6.61. The molecule has 6 heteroatoms. The molecular weight excluding hydrogens is 267 g/mol. The summed E-state index contributed by atoms with van der Waals surface area (Å²) in [6.45, 7) is 1.36. The second-order valence-corrected chi connectivity index (χ2v) is 5.27. The molecule has 1 aromatic rings. The Balaban J connectivity index is 0.00000289. The Morgan fingerprint density at radius 3 is 2.17 bits per heavy atom. The molecule has 0 saturated heterocycles. The number of benzene rings is 1. The molecule has 0 amide bonds. The van der Waals surface area contributed by atoms with Gasteiger partial charge in [-0.05, 0) is 17.9 Å². The molecule has 96 valence electrons.